The van der Waals surface area contributed by atoms with Crippen LogP contribution in [0.3, 0.4) is 0 Å². The Morgan fingerprint density at radius 1 is 1.23 bits per heavy atom. The molecule has 4 rings (SSSR count). The van der Waals surface area contributed by atoms with Gasteiger partial charge in [0.1, 0.15) is 11.6 Å². The maximum Gasteiger partial charge on any atom is 0.324 e. The molecule has 2 aliphatic rings. The minimum Gasteiger partial charge on any atom is -0.468 e. The van der Waals surface area contributed by atoms with Crippen LogP contribution in [0.5, 0.6) is 11.5 Å². The summed E-state index contributed by atoms with van der Waals surface area (Å²) in [6.07, 6.45) is 1.67. The number of aromatic nitrogens is 1. The number of nitrogens with zero attached hydrogens (tertiary/aromatic N) is 2. The lowest BCUT2D eigenvalue weighted by Crippen LogP contribution is -2.56. The third-order valence-corrected chi connectivity index (χ3v) is 5.33. The predicted octanol–water partition coefficient (Wildman–Crippen LogP) is 0.521. The summed E-state index contributed by atoms with van der Waals surface area (Å²) in [6, 6.07) is 6.64. The molecule has 30 heavy (non-hydrogen) atoms. The molecule has 1 N–H and O–H groups in total. The van der Waals surface area contributed by atoms with Crippen LogP contribution in [0.15, 0.2) is 35.3 Å². The first-order chi connectivity index (χ1) is 14.5. The molecule has 2 aliphatic heterocycles. The molecule has 0 spiro atoms. The molecule has 1 fully saturated rings. The largest absolute Gasteiger partial charge is 0.468 e. The summed E-state index contributed by atoms with van der Waals surface area (Å²) in [5.74, 6) is 0.494. The molecule has 1 aromatic heterocycles. The van der Waals surface area contributed by atoms with Crippen molar-refractivity contribution in [1.29, 1.82) is 0 Å². The SMILES string of the molecule is COC(=O)C1CN(C(=O)c2c(C)ccn(Cc3ccc4c(c3)OCO4)c2=O)CCN1. The van der Waals surface area contributed by atoms with Crippen molar-refractivity contribution in [3.05, 3.63) is 57.5 Å². The Bertz CT molecular complexity index is 1050. The zero-order valence-corrected chi connectivity index (χ0v) is 16.8. The molecule has 9 heteroatoms. The topological polar surface area (TPSA) is 99.1 Å². The highest BCUT2D eigenvalue weighted by Crippen LogP contribution is 2.32. The van der Waals surface area contributed by atoms with E-state index in [9.17, 15) is 14.4 Å². The number of aryl methyl sites for hydroxylation is 1. The number of benzene rings is 1. The number of hydrogen-bond donors (Lipinski definition) is 1. The van der Waals surface area contributed by atoms with Crippen LogP contribution in [0.4, 0.5) is 0 Å². The number of fused-ring (bicyclic) bond motifs is 1. The van der Waals surface area contributed by atoms with Gasteiger partial charge < -0.3 is 29.0 Å². The third-order valence-electron chi connectivity index (χ3n) is 5.33. The van der Waals surface area contributed by atoms with Crippen LogP contribution in [-0.2, 0) is 16.1 Å². The zero-order chi connectivity index (χ0) is 21.3. The first-order valence-electron chi connectivity index (χ1n) is 9.67. The van der Waals surface area contributed by atoms with E-state index in [2.05, 4.69) is 5.32 Å². The number of methoxy groups -OCH3 is 1. The minimum atomic E-state index is -0.604. The smallest absolute Gasteiger partial charge is 0.324 e. The molecule has 0 saturated carbocycles. The molecule has 0 aliphatic carbocycles. The number of nitrogens with one attached hydrogen (secondary N) is 1. The van der Waals surface area contributed by atoms with E-state index in [0.29, 0.717) is 36.7 Å². The molecule has 2 aromatic rings. The molecule has 3 heterocycles. The lowest BCUT2D eigenvalue weighted by atomic mass is 10.1. The van der Waals surface area contributed by atoms with E-state index >= 15 is 0 Å². The summed E-state index contributed by atoms with van der Waals surface area (Å²) < 4.78 is 17.0. The van der Waals surface area contributed by atoms with Crippen molar-refractivity contribution in [2.24, 2.45) is 0 Å². The van der Waals surface area contributed by atoms with Crippen LogP contribution in [0.2, 0.25) is 0 Å². The Morgan fingerprint density at radius 2 is 2.03 bits per heavy atom. The second-order valence-corrected chi connectivity index (χ2v) is 7.28. The molecular weight excluding hydrogens is 390 g/mol. The first kappa shape index (κ1) is 20.0. The lowest BCUT2D eigenvalue weighted by molar-refractivity contribution is -0.144. The molecule has 1 atom stereocenters. The molecule has 9 nitrogen and oxygen atoms in total. The van der Waals surface area contributed by atoms with Gasteiger partial charge in [0.15, 0.2) is 11.5 Å². The van der Waals surface area contributed by atoms with E-state index in [1.807, 2.05) is 12.1 Å². The minimum absolute atomic E-state index is 0.115. The highest BCUT2D eigenvalue weighted by molar-refractivity contribution is 5.95. The van der Waals surface area contributed by atoms with E-state index in [0.717, 1.165) is 5.56 Å². The van der Waals surface area contributed by atoms with Crippen molar-refractivity contribution in [1.82, 2.24) is 14.8 Å². The number of carbonyl (C=O) groups excluding carboxylic acids is 2. The molecule has 158 valence electrons. The standard InChI is InChI=1S/C21H23N3O6/c1-13-5-7-23(10-14-3-4-16-17(9-14)30-12-29-16)19(25)18(13)20(26)24-8-6-22-15(11-24)21(27)28-2/h3-5,7,9,15,22H,6,8,10-12H2,1-2H3. The monoisotopic (exact) mass is 413 g/mol. The van der Waals surface area contributed by atoms with Gasteiger partial charge in [-0.15, -0.1) is 0 Å². The molecule has 0 radical (unpaired) electrons. The van der Waals surface area contributed by atoms with Gasteiger partial charge in [-0.2, -0.15) is 0 Å². The molecule has 1 amide bonds. The van der Waals surface area contributed by atoms with Crippen molar-refractivity contribution in [3.63, 3.8) is 0 Å². The van der Waals surface area contributed by atoms with E-state index in [-0.39, 0.29) is 30.4 Å². The van der Waals surface area contributed by atoms with Gasteiger partial charge >= 0.3 is 5.97 Å². The number of esters is 1. The average Bonchev–Trinajstić information content (AvgIpc) is 3.23. The fraction of sp³-hybridized carbons (Fsp3) is 0.381. The number of ether oxygens (including phenoxy) is 3. The summed E-state index contributed by atoms with van der Waals surface area (Å²) in [7, 11) is 1.31. The van der Waals surface area contributed by atoms with Gasteiger partial charge in [0.2, 0.25) is 6.79 Å². The van der Waals surface area contributed by atoms with Gasteiger partial charge in [0, 0.05) is 25.8 Å². The third kappa shape index (κ3) is 3.76. The quantitative estimate of drug-likeness (QED) is 0.730. The molecule has 1 saturated heterocycles. The van der Waals surface area contributed by atoms with E-state index in [1.54, 1.807) is 25.3 Å². The molecule has 1 aromatic carbocycles. The highest BCUT2D eigenvalue weighted by atomic mass is 16.7. The van der Waals surface area contributed by atoms with E-state index in [4.69, 9.17) is 14.2 Å². The van der Waals surface area contributed by atoms with Gasteiger partial charge in [0.05, 0.1) is 13.7 Å². The number of rotatable bonds is 4. The maximum atomic E-state index is 13.2. The number of carbonyl (C=O) groups is 2. The Balaban J connectivity index is 1.59. The predicted molar refractivity (Wildman–Crippen MR) is 107 cm³/mol. The van der Waals surface area contributed by atoms with Gasteiger partial charge in [-0.25, -0.2) is 0 Å². The van der Waals surface area contributed by atoms with Crippen LogP contribution in [0.25, 0.3) is 0 Å². The van der Waals surface area contributed by atoms with Crippen molar-refractivity contribution in [3.8, 4) is 11.5 Å². The van der Waals surface area contributed by atoms with Gasteiger partial charge in [-0.3, -0.25) is 14.4 Å². The normalized spacial score (nSPS) is 17.7. The Hall–Kier alpha value is -3.33. The zero-order valence-electron chi connectivity index (χ0n) is 16.8. The number of hydrogen-bond acceptors (Lipinski definition) is 7. The summed E-state index contributed by atoms with van der Waals surface area (Å²) in [5, 5.41) is 3.03. The first-order valence-corrected chi connectivity index (χ1v) is 9.67. The van der Waals surface area contributed by atoms with Crippen LogP contribution >= 0.6 is 0 Å². The fourth-order valence-corrected chi connectivity index (χ4v) is 3.68. The van der Waals surface area contributed by atoms with Gasteiger partial charge in [-0.1, -0.05) is 6.07 Å². The van der Waals surface area contributed by atoms with Crippen molar-refractivity contribution in [2.75, 3.05) is 33.5 Å². The number of pyridine rings is 1. The Kier molecular flexibility index (Phi) is 5.45. The second kappa shape index (κ2) is 8.19. The summed E-state index contributed by atoms with van der Waals surface area (Å²) in [6.45, 7) is 3.22. The van der Waals surface area contributed by atoms with Crippen molar-refractivity contribution >= 4 is 11.9 Å². The average molecular weight is 413 g/mol. The molecule has 1 unspecified atom stereocenters. The summed E-state index contributed by atoms with van der Waals surface area (Å²) in [4.78, 5) is 39.6. The Morgan fingerprint density at radius 3 is 2.83 bits per heavy atom. The number of amides is 1. The van der Waals surface area contributed by atoms with Crippen LogP contribution in [-0.4, -0.2) is 60.9 Å². The van der Waals surface area contributed by atoms with E-state index < -0.39 is 12.0 Å². The maximum absolute atomic E-state index is 13.2. The van der Waals surface area contributed by atoms with Crippen molar-refractivity contribution in [2.45, 2.75) is 19.5 Å². The number of piperazine rings is 1. The lowest BCUT2D eigenvalue weighted by Gasteiger charge is -2.32. The van der Waals surface area contributed by atoms with Gasteiger partial charge in [0.25, 0.3) is 11.5 Å². The molecule has 0 bridgehead atoms. The fourth-order valence-electron chi connectivity index (χ4n) is 3.68. The highest BCUT2D eigenvalue weighted by Gasteiger charge is 2.31. The summed E-state index contributed by atoms with van der Waals surface area (Å²) >= 11 is 0. The van der Waals surface area contributed by atoms with Crippen molar-refractivity contribution < 1.29 is 23.8 Å². The summed E-state index contributed by atoms with van der Waals surface area (Å²) in [5.41, 5.74) is 1.20. The second-order valence-electron chi connectivity index (χ2n) is 7.28. The molecular formula is C21H23N3O6. The van der Waals surface area contributed by atoms with Crippen LogP contribution in [0, 0.1) is 6.92 Å². The van der Waals surface area contributed by atoms with Gasteiger partial charge in [-0.05, 0) is 36.2 Å². The van der Waals surface area contributed by atoms with E-state index in [1.165, 1.54) is 16.6 Å². The van der Waals surface area contributed by atoms with Crippen LogP contribution in [0.1, 0.15) is 21.5 Å². The van der Waals surface area contributed by atoms with Crippen LogP contribution < -0.4 is 20.3 Å². The Labute approximate surface area is 173 Å².